The number of aryl methyl sites for hydroxylation is 2. The zero-order valence-corrected chi connectivity index (χ0v) is 16.6. The van der Waals surface area contributed by atoms with E-state index in [2.05, 4.69) is 40.0 Å². The number of amides is 1. The molecule has 0 aliphatic heterocycles. The molecule has 0 saturated heterocycles. The Morgan fingerprint density at radius 2 is 2.15 bits per heavy atom. The molecule has 138 valence electrons. The average Bonchev–Trinajstić information content (AvgIpc) is 3.02. The van der Waals surface area contributed by atoms with Crippen molar-refractivity contribution < 1.29 is 9.36 Å². The van der Waals surface area contributed by atoms with Crippen LogP contribution in [0.15, 0.2) is 52.2 Å². The number of hydrogen-bond acceptors (Lipinski definition) is 5. The van der Waals surface area contributed by atoms with Crippen LogP contribution < -0.4 is 14.8 Å². The lowest BCUT2D eigenvalue weighted by atomic mass is 10.1. The number of nitrogens with zero attached hydrogens (tertiary/aromatic N) is 4. The van der Waals surface area contributed by atoms with E-state index >= 15 is 0 Å². The zero-order valence-electron chi connectivity index (χ0n) is 15.8. The first-order valence-electron chi connectivity index (χ1n) is 8.56. The zero-order chi connectivity index (χ0) is 19.1. The third kappa shape index (κ3) is 5.23. The van der Waals surface area contributed by atoms with Crippen LogP contribution in [0.25, 0.3) is 0 Å². The summed E-state index contributed by atoms with van der Waals surface area (Å²) in [6.07, 6.45) is 1.96. The lowest BCUT2D eigenvalue weighted by molar-refractivity contribution is -0.654. The fourth-order valence-corrected chi connectivity index (χ4v) is 3.07. The van der Waals surface area contributed by atoms with E-state index in [1.807, 2.05) is 42.2 Å². The molecule has 0 fully saturated rings. The van der Waals surface area contributed by atoms with Crippen LogP contribution in [-0.4, -0.2) is 25.5 Å². The molecule has 1 aromatic carbocycles. The Balaban J connectivity index is 2.04. The number of carbonyl (C=O) groups excluding carboxylic acids is 1. The molecule has 0 bridgehead atoms. The van der Waals surface area contributed by atoms with E-state index < -0.39 is 0 Å². The van der Waals surface area contributed by atoms with Crippen LogP contribution in [-0.2, 0) is 11.8 Å². The van der Waals surface area contributed by atoms with Gasteiger partial charge in [-0.1, -0.05) is 6.58 Å². The maximum absolute atomic E-state index is 11.6. The summed E-state index contributed by atoms with van der Waals surface area (Å²) < 4.78 is 1.94. The van der Waals surface area contributed by atoms with Gasteiger partial charge in [0, 0.05) is 36.3 Å². The number of anilines is 1. The molecular weight excluding hydrogens is 346 g/mol. The Hall–Kier alpha value is -2.54. The lowest BCUT2D eigenvalue weighted by Crippen LogP contribution is -2.35. The van der Waals surface area contributed by atoms with Crippen LogP contribution in [0.1, 0.15) is 19.4 Å². The van der Waals surface area contributed by atoms with Crippen LogP contribution in [0.2, 0.25) is 0 Å². The van der Waals surface area contributed by atoms with Crippen LogP contribution in [0.5, 0.6) is 0 Å². The van der Waals surface area contributed by atoms with Crippen molar-refractivity contribution in [1.82, 2.24) is 5.32 Å². The van der Waals surface area contributed by atoms with Crippen LogP contribution >= 0.6 is 11.3 Å². The van der Waals surface area contributed by atoms with Gasteiger partial charge in [0.1, 0.15) is 11.9 Å². The minimum absolute atomic E-state index is 0.102. The van der Waals surface area contributed by atoms with Gasteiger partial charge in [-0.15, -0.1) is 0 Å². The van der Waals surface area contributed by atoms with E-state index in [9.17, 15) is 4.79 Å². The topological polar surface area (TPSA) is 60.9 Å². The number of rotatable bonds is 8. The maximum atomic E-state index is 11.6. The van der Waals surface area contributed by atoms with Gasteiger partial charge in [-0.3, -0.25) is 4.79 Å². The highest BCUT2D eigenvalue weighted by Gasteiger charge is 2.10. The Morgan fingerprint density at radius 1 is 1.38 bits per heavy atom. The molecule has 0 atom stereocenters. The summed E-state index contributed by atoms with van der Waals surface area (Å²) in [5.74, 6) is -0.102. The molecule has 1 amide bonds. The van der Waals surface area contributed by atoms with E-state index in [0.717, 1.165) is 35.2 Å². The van der Waals surface area contributed by atoms with Gasteiger partial charge in [0.2, 0.25) is 5.91 Å². The molecule has 2 aromatic rings. The van der Waals surface area contributed by atoms with Crippen LogP contribution in [0.4, 0.5) is 16.5 Å². The van der Waals surface area contributed by atoms with E-state index in [0.29, 0.717) is 12.1 Å². The summed E-state index contributed by atoms with van der Waals surface area (Å²) >= 11 is 1.55. The van der Waals surface area contributed by atoms with Gasteiger partial charge in [-0.25, -0.2) is 4.57 Å². The highest BCUT2D eigenvalue weighted by molar-refractivity contribution is 7.12. The summed E-state index contributed by atoms with van der Waals surface area (Å²) in [6.45, 7) is 11.7. The van der Waals surface area contributed by atoms with Crippen LogP contribution in [0.3, 0.4) is 0 Å². The predicted molar refractivity (Wildman–Crippen MR) is 107 cm³/mol. The highest BCUT2D eigenvalue weighted by atomic mass is 32.1. The van der Waals surface area contributed by atoms with Crippen molar-refractivity contribution in [3.05, 3.63) is 47.5 Å². The molecule has 0 spiro atoms. The first-order chi connectivity index (χ1) is 12.4. The predicted octanol–water partition coefficient (Wildman–Crippen LogP) is 3.82. The molecule has 0 aliphatic rings. The van der Waals surface area contributed by atoms with Gasteiger partial charge in [0.25, 0.3) is 0 Å². The fraction of sp³-hybridized carbons (Fsp3) is 0.368. The molecule has 26 heavy (non-hydrogen) atoms. The summed E-state index contributed by atoms with van der Waals surface area (Å²) in [5, 5.41) is 14.4. The number of thiazole rings is 1. The lowest BCUT2D eigenvalue weighted by Gasteiger charge is -2.23. The van der Waals surface area contributed by atoms with Crippen LogP contribution in [0, 0.1) is 6.92 Å². The number of azo groups is 1. The van der Waals surface area contributed by atoms with Gasteiger partial charge in [-0.05, 0) is 61.0 Å². The molecule has 0 unspecified atom stereocenters. The van der Waals surface area contributed by atoms with Gasteiger partial charge in [-0.2, -0.15) is 0 Å². The Bertz CT molecular complexity index is 812. The summed E-state index contributed by atoms with van der Waals surface area (Å²) in [5.41, 5.74) is 3.55. The molecule has 1 heterocycles. The van der Waals surface area contributed by atoms with Gasteiger partial charge < -0.3 is 10.2 Å². The normalized spacial score (nSPS) is 10.9. The van der Waals surface area contributed by atoms with Gasteiger partial charge in [0.05, 0.1) is 12.2 Å². The second-order valence-corrected chi connectivity index (χ2v) is 6.96. The minimum Gasteiger partial charge on any atom is -0.370 e. The summed E-state index contributed by atoms with van der Waals surface area (Å²) in [6, 6.07) is 6.13. The number of nitrogens with one attached hydrogen (secondary N) is 1. The second kappa shape index (κ2) is 9.24. The van der Waals surface area contributed by atoms with Crippen molar-refractivity contribution in [3.63, 3.8) is 0 Å². The van der Waals surface area contributed by atoms with Crippen molar-refractivity contribution in [1.29, 1.82) is 0 Å². The average molecular weight is 373 g/mol. The standard InChI is InChI=1S/C19H25N5OS/c1-6-24(10-9-20-18(25)14(2)3)16-7-8-17(15(4)13-16)21-22-19-23(5)11-12-26-19/h7-8,11-13H,2,6,9-10H2,1,3-5H3/p+1. The second-order valence-electron chi connectivity index (χ2n) is 6.08. The van der Waals surface area contributed by atoms with E-state index in [4.69, 9.17) is 0 Å². The third-order valence-electron chi connectivity index (χ3n) is 3.99. The van der Waals surface area contributed by atoms with E-state index in [-0.39, 0.29) is 5.91 Å². The number of hydrogen-bond donors (Lipinski definition) is 1. The first-order valence-corrected chi connectivity index (χ1v) is 9.44. The molecule has 2 rings (SSSR count). The van der Waals surface area contributed by atoms with Gasteiger partial charge in [0.15, 0.2) is 0 Å². The monoisotopic (exact) mass is 372 g/mol. The van der Waals surface area contributed by atoms with Crippen molar-refractivity contribution in [3.8, 4) is 0 Å². The number of likely N-dealkylation sites (N-methyl/N-ethyl adjacent to an activating group) is 1. The van der Waals surface area contributed by atoms with Gasteiger partial charge >= 0.3 is 5.13 Å². The molecule has 1 N–H and O–H groups in total. The van der Waals surface area contributed by atoms with Crippen molar-refractivity contribution >= 4 is 33.8 Å². The highest BCUT2D eigenvalue weighted by Crippen LogP contribution is 2.26. The fourth-order valence-electron chi connectivity index (χ4n) is 2.39. The number of carbonyl (C=O) groups is 1. The molecule has 0 saturated carbocycles. The molecule has 7 heteroatoms. The van der Waals surface area contributed by atoms with Crippen molar-refractivity contribution in [2.75, 3.05) is 24.5 Å². The molecule has 0 aliphatic carbocycles. The largest absolute Gasteiger partial charge is 0.408 e. The van der Waals surface area contributed by atoms with Crippen molar-refractivity contribution in [2.24, 2.45) is 17.3 Å². The smallest absolute Gasteiger partial charge is 0.370 e. The first kappa shape index (κ1) is 19.8. The molecular formula is C19H26N5OS+. The maximum Gasteiger partial charge on any atom is 0.408 e. The van der Waals surface area contributed by atoms with E-state index in [1.54, 1.807) is 18.3 Å². The summed E-state index contributed by atoms with van der Waals surface area (Å²) in [4.78, 5) is 13.8. The van der Waals surface area contributed by atoms with E-state index in [1.165, 1.54) is 0 Å². The minimum atomic E-state index is -0.102. The number of aromatic nitrogens is 1. The Labute approximate surface area is 158 Å². The molecule has 1 aromatic heterocycles. The molecule has 0 radical (unpaired) electrons. The molecule has 6 nitrogen and oxygen atoms in total. The van der Waals surface area contributed by atoms with Crippen molar-refractivity contribution in [2.45, 2.75) is 20.8 Å². The SMILES string of the molecule is C=C(C)C(=O)NCCN(CC)c1ccc(N=Nc2scc[n+]2C)c(C)c1. The third-order valence-corrected chi connectivity index (χ3v) is 4.82. The summed E-state index contributed by atoms with van der Waals surface area (Å²) in [7, 11) is 1.95. The Kier molecular flexibility index (Phi) is 7.03. The Morgan fingerprint density at radius 3 is 2.73 bits per heavy atom. The number of benzene rings is 1. The quantitative estimate of drug-likeness (QED) is 0.435.